The lowest BCUT2D eigenvalue weighted by atomic mass is 9.63. The zero-order valence-corrected chi connectivity index (χ0v) is 9.99. The van der Waals surface area contributed by atoms with Crippen LogP contribution in [0.5, 0.6) is 0 Å². The van der Waals surface area contributed by atoms with Gasteiger partial charge in [0.05, 0.1) is 10.8 Å². The summed E-state index contributed by atoms with van der Waals surface area (Å²) in [6.07, 6.45) is -0.0747. The molecule has 0 bridgehead atoms. The van der Waals surface area contributed by atoms with E-state index in [2.05, 4.69) is 5.32 Å². The molecule has 0 aromatic rings. The third kappa shape index (κ3) is 1.26. The molecule has 0 spiro atoms. The quantitative estimate of drug-likeness (QED) is 0.620. The average Bonchev–Trinajstić information content (AvgIpc) is 2.60. The van der Waals surface area contributed by atoms with Crippen molar-refractivity contribution >= 4 is 23.6 Å². The molecular weight excluding hydrogens is 224 g/mol. The van der Waals surface area contributed by atoms with Crippen LogP contribution >= 0.6 is 0 Å². The standard InChI is InChI=1S/C11H14N2O4/c1-10(4-6(14)12-8(10)16)11(2)5-7(15)13(3)9(11)17/h4-5H2,1-3H3,(H,12,14,16). The van der Waals surface area contributed by atoms with Gasteiger partial charge < -0.3 is 0 Å². The number of hydrogen-bond acceptors (Lipinski definition) is 4. The third-order valence-electron chi connectivity index (χ3n) is 4.14. The number of amides is 4. The minimum absolute atomic E-state index is 0.0282. The number of carbonyl (C=O) groups excluding carboxylic acids is 4. The third-order valence-corrected chi connectivity index (χ3v) is 4.14. The van der Waals surface area contributed by atoms with Gasteiger partial charge in [-0.15, -0.1) is 0 Å². The van der Waals surface area contributed by atoms with Crippen molar-refractivity contribution in [2.24, 2.45) is 10.8 Å². The van der Waals surface area contributed by atoms with Crippen LogP contribution in [0.1, 0.15) is 26.7 Å². The molecule has 2 atom stereocenters. The van der Waals surface area contributed by atoms with Crippen LogP contribution in [0, 0.1) is 10.8 Å². The molecule has 92 valence electrons. The maximum absolute atomic E-state index is 12.1. The maximum Gasteiger partial charge on any atom is 0.236 e. The summed E-state index contributed by atoms with van der Waals surface area (Å²) in [4.78, 5) is 47.8. The van der Waals surface area contributed by atoms with Crippen molar-refractivity contribution in [2.45, 2.75) is 26.7 Å². The van der Waals surface area contributed by atoms with Gasteiger partial charge >= 0.3 is 0 Å². The number of nitrogens with zero attached hydrogens (tertiary/aromatic N) is 1. The first-order valence-corrected chi connectivity index (χ1v) is 5.38. The molecule has 6 heteroatoms. The Labute approximate surface area is 98.3 Å². The van der Waals surface area contributed by atoms with Crippen molar-refractivity contribution in [3.63, 3.8) is 0 Å². The topological polar surface area (TPSA) is 83.6 Å². The molecule has 4 amide bonds. The summed E-state index contributed by atoms with van der Waals surface area (Å²) < 4.78 is 0. The highest BCUT2D eigenvalue weighted by Crippen LogP contribution is 2.51. The highest BCUT2D eigenvalue weighted by atomic mass is 16.2. The van der Waals surface area contributed by atoms with Gasteiger partial charge in [0.25, 0.3) is 0 Å². The van der Waals surface area contributed by atoms with Gasteiger partial charge in [-0.2, -0.15) is 0 Å². The number of nitrogens with one attached hydrogen (secondary N) is 1. The summed E-state index contributed by atoms with van der Waals surface area (Å²) in [6, 6.07) is 0. The first kappa shape index (κ1) is 11.8. The van der Waals surface area contributed by atoms with Crippen molar-refractivity contribution in [2.75, 3.05) is 7.05 Å². The Bertz CT molecular complexity index is 458. The molecule has 1 N–H and O–H groups in total. The Morgan fingerprint density at radius 1 is 1.06 bits per heavy atom. The molecule has 17 heavy (non-hydrogen) atoms. The number of rotatable bonds is 1. The van der Waals surface area contributed by atoms with Gasteiger partial charge in [-0.1, -0.05) is 0 Å². The molecular formula is C11H14N2O4. The van der Waals surface area contributed by atoms with E-state index in [0.717, 1.165) is 4.90 Å². The Balaban J connectivity index is 2.47. The van der Waals surface area contributed by atoms with E-state index in [4.69, 9.17) is 0 Å². The molecule has 2 unspecified atom stereocenters. The van der Waals surface area contributed by atoms with Crippen LogP contribution in [0.15, 0.2) is 0 Å². The van der Waals surface area contributed by atoms with E-state index in [1.54, 1.807) is 13.8 Å². The van der Waals surface area contributed by atoms with E-state index >= 15 is 0 Å². The second-order valence-corrected chi connectivity index (χ2v) is 5.15. The monoisotopic (exact) mass is 238 g/mol. The molecule has 2 heterocycles. The first-order valence-electron chi connectivity index (χ1n) is 5.38. The molecule has 0 aromatic carbocycles. The normalized spacial score (nSPS) is 37.9. The summed E-state index contributed by atoms with van der Waals surface area (Å²) in [5.41, 5.74) is -2.27. The van der Waals surface area contributed by atoms with Crippen LogP contribution in [0.4, 0.5) is 0 Å². The van der Waals surface area contributed by atoms with Crippen LogP contribution in [-0.2, 0) is 19.2 Å². The lowest BCUT2D eigenvalue weighted by Gasteiger charge is -2.35. The SMILES string of the molecule is CN1C(=O)CC(C)(C2(C)CC(=O)NC2=O)C1=O. The fourth-order valence-electron chi connectivity index (χ4n) is 2.57. The van der Waals surface area contributed by atoms with E-state index in [1.165, 1.54) is 7.05 Å². The molecule has 2 saturated heterocycles. The Morgan fingerprint density at radius 2 is 1.65 bits per heavy atom. The molecule has 0 aliphatic carbocycles. The fraction of sp³-hybridized carbons (Fsp3) is 0.636. The molecule has 2 rings (SSSR count). The summed E-state index contributed by atoms with van der Waals surface area (Å²) >= 11 is 0. The van der Waals surface area contributed by atoms with Crippen LogP contribution in [0.3, 0.4) is 0 Å². The predicted octanol–water partition coefficient (Wildman–Crippen LogP) is -0.566. The van der Waals surface area contributed by atoms with Crippen molar-refractivity contribution in [3.05, 3.63) is 0 Å². The number of imide groups is 2. The van der Waals surface area contributed by atoms with Gasteiger partial charge in [-0.25, -0.2) is 0 Å². The zero-order valence-electron chi connectivity index (χ0n) is 9.99. The largest absolute Gasteiger partial charge is 0.296 e. The first-order chi connectivity index (χ1) is 7.72. The molecule has 2 fully saturated rings. The van der Waals surface area contributed by atoms with Gasteiger partial charge in [0, 0.05) is 19.9 Å². The minimum atomic E-state index is -1.14. The van der Waals surface area contributed by atoms with Crippen molar-refractivity contribution < 1.29 is 19.2 Å². The Morgan fingerprint density at radius 3 is 2.00 bits per heavy atom. The van der Waals surface area contributed by atoms with Gasteiger partial charge in [0.2, 0.25) is 23.6 Å². The van der Waals surface area contributed by atoms with Crippen LogP contribution in [0.25, 0.3) is 0 Å². The molecule has 0 aromatic heterocycles. The van der Waals surface area contributed by atoms with E-state index in [0.29, 0.717) is 0 Å². The molecule has 0 saturated carbocycles. The van der Waals surface area contributed by atoms with E-state index in [1.807, 2.05) is 0 Å². The number of likely N-dealkylation sites (tertiary alicyclic amines) is 1. The smallest absolute Gasteiger partial charge is 0.236 e. The van der Waals surface area contributed by atoms with E-state index in [9.17, 15) is 19.2 Å². The highest BCUT2D eigenvalue weighted by molar-refractivity contribution is 6.13. The van der Waals surface area contributed by atoms with Crippen molar-refractivity contribution in [1.29, 1.82) is 0 Å². The Kier molecular flexibility index (Phi) is 2.18. The van der Waals surface area contributed by atoms with Crippen molar-refractivity contribution in [1.82, 2.24) is 10.2 Å². The second-order valence-electron chi connectivity index (χ2n) is 5.15. The average molecular weight is 238 g/mol. The van der Waals surface area contributed by atoms with Crippen LogP contribution in [0.2, 0.25) is 0 Å². The molecule has 6 nitrogen and oxygen atoms in total. The van der Waals surface area contributed by atoms with Gasteiger partial charge in [-0.3, -0.25) is 29.4 Å². The molecule has 0 radical (unpaired) electrons. The van der Waals surface area contributed by atoms with Gasteiger partial charge in [0.15, 0.2) is 0 Å². The minimum Gasteiger partial charge on any atom is -0.296 e. The van der Waals surface area contributed by atoms with Gasteiger partial charge in [0.1, 0.15) is 0 Å². The van der Waals surface area contributed by atoms with E-state index < -0.39 is 28.6 Å². The second kappa shape index (κ2) is 3.15. The maximum atomic E-state index is 12.1. The van der Waals surface area contributed by atoms with E-state index in [-0.39, 0.29) is 18.7 Å². The van der Waals surface area contributed by atoms with Crippen molar-refractivity contribution in [3.8, 4) is 0 Å². The summed E-state index contributed by atoms with van der Waals surface area (Å²) in [6.45, 7) is 3.15. The summed E-state index contributed by atoms with van der Waals surface area (Å²) in [5, 5.41) is 2.20. The Hall–Kier alpha value is -1.72. The van der Waals surface area contributed by atoms with Gasteiger partial charge in [-0.05, 0) is 13.8 Å². The lowest BCUT2D eigenvalue weighted by Crippen LogP contribution is -2.47. The fourth-order valence-corrected chi connectivity index (χ4v) is 2.57. The molecule has 2 aliphatic rings. The predicted molar refractivity (Wildman–Crippen MR) is 56.4 cm³/mol. The van der Waals surface area contributed by atoms with Crippen LogP contribution in [-0.4, -0.2) is 35.6 Å². The summed E-state index contributed by atoms with van der Waals surface area (Å²) in [7, 11) is 1.40. The van der Waals surface area contributed by atoms with Crippen LogP contribution < -0.4 is 5.32 Å². The summed E-state index contributed by atoms with van der Waals surface area (Å²) in [5.74, 6) is -1.57. The number of carbonyl (C=O) groups is 4. The highest BCUT2D eigenvalue weighted by Gasteiger charge is 2.63. The molecule has 2 aliphatic heterocycles. The number of hydrogen-bond donors (Lipinski definition) is 1. The zero-order chi connectivity index (χ0) is 13.0. The lowest BCUT2D eigenvalue weighted by molar-refractivity contribution is -0.148.